The maximum absolute atomic E-state index is 12.7. The summed E-state index contributed by atoms with van der Waals surface area (Å²) < 4.78 is 6.92. The average Bonchev–Trinajstić information content (AvgIpc) is 2.56. The summed E-state index contributed by atoms with van der Waals surface area (Å²) in [5, 5.41) is 30.4. The first-order valence-corrected chi connectivity index (χ1v) is 7.33. The van der Waals surface area contributed by atoms with Crippen LogP contribution in [0, 0.1) is 11.3 Å². The number of benzene rings is 1. The van der Waals surface area contributed by atoms with Gasteiger partial charge >= 0.3 is 5.97 Å². The first-order valence-electron chi connectivity index (χ1n) is 7.33. The van der Waals surface area contributed by atoms with Crippen molar-refractivity contribution in [2.24, 2.45) is 0 Å². The number of hydrogen-bond donors (Lipinski definition) is 3. The number of carbonyl (C=O) groups excluding carboxylic acids is 1. The first-order chi connectivity index (χ1) is 11.8. The third-order valence-electron chi connectivity index (χ3n) is 3.82. The second kappa shape index (κ2) is 5.83. The third kappa shape index (κ3) is 2.63. The van der Waals surface area contributed by atoms with E-state index >= 15 is 0 Å². The van der Waals surface area contributed by atoms with Crippen molar-refractivity contribution in [1.29, 1.82) is 5.26 Å². The van der Waals surface area contributed by atoms with E-state index in [4.69, 9.17) is 15.1 Å². The molecule has 1 atom stereocenters. The van der Waals surface area contributed by atoms with Gasteiger partial charge in [0.25, 0.3) is 11.5 Å². The van der Waals surface area contributed by atoms with Gasteiger partial charge in [0.1, 0.15) is 29.7 Å². The van der Waals surface area contributed by atoms with Crippen LogP contribution in [0.4, 0.5) is 0 Å². The minimum absolute atomic E-state index is 0.112. The second-order valence-corrected chi connectivity index (χ2v) is 5.63. The number of pyridine rings is 1. The first kappa shape index (κ1) is 16.3. The number of carboxylic acids is 1. The summed E-state index contributed by atoms with van der Waals surface area (Å²) in [6.07, 6.45) is -0.387. The summed E-state index contributed by atoms with van der Waals surface area (Å²) >= 11 is 0. The summed E-state index contributed by atoms with van der Waals surface area (Å²) in [6, 6.07) is 4.73. The molecule has 9 nitrogen and oxygen atoms in total. The van der Waals surface area contributed by atoms with Gasteiger partial charge in [-0.3, -0.25) is 14.4 Å². The highest BCUT2D eigenvalue weighted by atomic mass is 16.5. The highest BCUT2D eigenvalue weighted by Crippen LogP contribution is 2.36. The Morgan fingerprint density at radius 3 is 2.84 bits per heavy atom. The van der Waals surface area contributed by atoms with Gasteiger partial charge in [-0.05, 0) is 13.0 Å². The van der Waals surface area contributed by atoms with Crippen molar-refractivity contribution in [3.63, 3.8) is 0 Å². The van der Waals surface area contributed by atoms with Crippen LogP contribution in [-0.2, 0) is 11.3 Å². The molecule has 1 aliphatic rings. The van der Waals surface area contributed by atoms with Crippen molar-refractivity contribution in [1.82, 2.24) is 9.88 Å². The van der Waals surface area contributed by atoms with E-state index in [9.17, 15) is 19.5 Å². The maximum Gasteiger partial charge on any atom is 0.322 e. The normalized spacial score (nSPS) is 15.3. The van der Waals surface area contributed by atoms with Crippen LogP contribution in [0.5, 0.6) is 11.5 Å². The molecule has 3 rings (SSSR count). The molecule has 25 heavy (non-hydrogen) atoms. The molecule has 9 heteroatoms. The molecule has 3 N–H and O–H groups in total. The topological polar surface area (TPSA) is 142 Å². The molecule has 0 spiro atoms. The molecule has 1 aromatic heterocycles. The van der Waals surface area contributed by atoms with Crippen molar-refractivity contribution >= 4 is 22.8 Å². The number of amides is 1. The minimum atomic E-state index is -1.29. The SMILES string of the molecule is CC1Cn2c(=O)c(C(=O)NCC(=O)O)c(O)c3cc(C#N)cc(c32)O1. The number of rotatable bonds is 3. The van der Waals surface area contributed by atoms with E-state index in [0.717, 1.165) is 0 Å². The zero-order chi connectivity index (χ0) is 18.3. The maximum atomic E-state index is 12.7. The Kier molecular flexibility index (Phi) is 3.81. The van der Waals surface area contributed by atoms with Crippen molar-refractivity contribution < 1.29 is 24.5 Å². The van der Waals surface area contributed by atoms with Crippen LogP contribution in [0.1, 0.15) is 22.8 Å². The summed E-state index contributed by atoms with van der Waals surface area (Å²) in [6.45, 7) is 1.17. The number of nitrogens with zero attached hydrogens (tertiary/aromatic N) is 2. The number of carbonyl (C=O) groups is 2. The Balaban J connectivity index is 2.31. The second-order valence-electron chi connectivity index (χ2n) is 5.63. The van der Waals surface area contributed by atoms with E-state index in [1.165, 1.54) is 16.7 Å². The molecule has 1 unspecified atom stereocenters. The number of nitrogens with one attached hydrogen (secondary N) is 1. The van der Waals surface area contributed by atoms with E-state index in [-0.39, 0.29) is 34.9 Å². The fraction of sp³-hybridized carbons (Fsp3) is 0.250. The standard InChI is InChI=1S/C16H13N3O6/c1-7-6-19-13-9(2-8(4-17)3-10(13)25-7)14(22)12(16(19)24)15(23)18-5-11(20)21/h2-3,7,22H,5-6H2,1H3,(H,18,23)(H,20,21). The number of nitriles is 1. The molecule has 0 fully saturated rings. The van der Waals surface area contributed by atoms with Crippen molar-refractivity contribution in [3.05, 3.63) is 33.6 Å². The summed E-state index contributed by atoms with van der Waals surface area (Å²) in [4.78, 5) is 35.5. The number of aromatic hydroxyl groups is 1. The number of aromatic nitrogens is 1. The Bertz CT molecular complexity index is 1020. The van der Waals surface area contributed by atoms with E-state index < -0.39 is 35.3 Å². The van der Waals surface area contributed by atoms with Gasteiger partial charge < -0.3 is 24.8 Å². The molecule has 0 bridgehead atoms. The largest absolute Gasteiger partial charge is 0.506 e. The van der Waals surface area contributed by atoms with Crippen LogP contribution < -0.4 is 15.6 Å². The zero-order valence-electron chi connectivity index (χ0n) is 13.1. The number of carboxylic acid groups (broad SMARTS) is 1. The van der Waals surface area contributed by atoms with Crippen LogP contribution in [-0.4, -0.2) is 39.3 Å². The molecule has 2 aromatic rings. The fourth-order valence-corrected chi connectivity index (χ4v) is 2.83. The predicted octanol–water partition coefficient (Wildman–Crippen LogP) is 0.174. The van der Waals surface area contributed by atoms with Gasteiger partial charge in [0.2, 0.25) is 0 Å². The van der Waals surface area contributed by atoms with Crippen LogP contribution in [0.2, 0.25) is 0 Å². The van der Waals surface area contributed by atoms with E-state index in [2.05, 4.69) is 5.32 Å². The van der Waals surface area contributed by atoms with Gasteiger partial charge in [-0.1, -0.05) is 0 Å². The molecule has 0 radical (unpaired) electrons. The van der Waals surface area contributed by atoms with Crippen LogP contribution in [0.25, 0.3) is 10.9 Å². The Hall–Kier alpha value is -3.54. The summed E-state index contributed by atoms with van der Waals surface area (Å²) in [5.74, 6) is -2.64. The monoisotopic (exact) mass is 343 g/mol. The van der Waals surface area contributed by atoms with Gasteiger partial charge in [-0.15, -0.1) is 0 Å². The fourth-order valence-electron chi connectivity index (χ4n) is 2.83. The van der Waals surface area contributed by atoms with E-state index in [0.29, 0.717) is 0 Å². The Morgan fingerprint density at radius 2 is 2.20 bits per heavy atom. The van der Waals surface area contributed by atoms with Crippen molar-refractivity contribution in [2.45, 2.75) is 19.6 Å². The molecular formula is C16H13N3O6. The van der Waals surface area contributed by atoms with E-state index in [1.807, 2.05) is 6.07 Å². The molecule has 0 aliphatic carbocycles. The van der Waals surface area contributed by atoms with Gasteiger partial charge in [-0.25, -0.2) is 0 Å². The lowest BCUT2D eigenvalue weighted by Crippen LogP contribution is -2.39. The smallest absolute Gasteiger partial charge is 0.322 e. The number of aliphatic carboxylic acids is 1. The predicted molar refractivity (Wildman–Crippen MR) is 84.6 cm³/mol. The lowest BCUT2D eigenvalue weighted by molar-refractivity contribution is -0.135. The van der Waals surface area contributed by atoms with Gasteiger partial charge in [0.05, 0.1) is 23.7 Å². The molecule has 2 heterocycles. The molecule has 128 valence electrons. The molecule has 1 amide bonds. The molecule has 0 saturated carbocycles. The highest BCUT2D eigenvalue weighted by Gasteiger charge is 2.28. The van der Waals surface area contributed by atoms with Crippen molar-refractivity contribution in [3.8, 4) is 17.6 Å². The molecule has 1 aromatic carbocycles. The highest BCUT2D eigenvalue weighted by molar-refractivity contribution is 6.04. The van der Waals surface area contributed by atoms with Crippen LogP contribution in [0.3, 0.4) is 0 Å². The molecule has 0 saturated heterocycles. The quantitative estimate of drug-likeness (QED) is 0.721. The lowest BCUT2D eigenvalue weighted by Gasteiger charge is -2.26. The third-order valence-corrected chi connectivity index (χ3v) is 3.82. The minimum Gasteiger partial charge on any atom is -0.506 e. The number of hydrogen-bond acceptors (Lipinski definition) is 6. The molecular weight excluding hydrogens is 330 g/mol. The zero-order valence-corrected chi connectivity index (χ0v) is 13.1. The van der Waals surface area contributed by atoms with Crippen LogP contribution >= 0.6 is 0 Å². The number of ether oxygens (including phenoxy) is 1. The lowest BCUT2D eigenvalue weighted by atomic mass is 10.0. The Morgan fingerprint density at radius 1 is 1.48 bits per heavy atom. The van der Waals surface area contributed by atoms with Crippen molar-refractivity contribution in [2.75, 3.05) is 6.54 Å². The van der Waals surface area contributed by atoms with Gasteiger partial charge in [0.15, 0.2) is 0 Å². The summed E-state index contributed by atoms with van der Waals surface area (Å²) in [7, 11) is 0. The average molecular weight is 343 g/mol. The molecule has 1 aliphatic heterocycles. The van der Waals surface area contributed by atoms with Crippen LogP contribution in [0.15, 0.2) is 16.9 Å². The van der Waals surface area contributed by atoms with Gasteiger partial charge in [0, 0.05) is 11.5 Å². The van der Waals surface area contributed by atoms with Gasteiger partial charge in [-0.2, -0.15) is 5.26 Å². The summed E-state index contributed by atoms with van der Waals surface area (Å²) in [5.41, 5.74) is -0.846. The Labute approximate surface area is 140 Å². The van der Waals surface area contributed by atoms with E-state index in [1.54, 1.807) is 6.92 Å².